The third kappa shape index (κ3) is 16.6. The van der Waals surface area contributed by atoms with Gasteiger partial charge in [-0.25, -0.2) is 0 Å². The van der Waals surface area contributed by atoms with Gasteiger partial charge in [-0.15, -0.1) is 0 Å². The van der Waals surface area contributed by atoms with E-state index in [9.17, 15) is 4.79 Å². The summed E-state index contributed by atoms with van der Waals surface area (Å²) in [6.45, 7) is 34.3. The van der Waals surface area contributed by atoms with E-state index in [0.717, 1.165) is 60.5 Å². The zero-order valence-corrected chi connectivity index (χ0v) is 47.2. The molecule has 0 saturated carbocycles. The average molecular weight is 960 g/mol. The predicted octanol–water partition coefficient (Wildman–Crippen LogP) is 15.2. The molecule has 0 aliphatic carbocycles. The second-order valence-electron chi connectivity index (χ2n) is 22.0. The minimum Gasteiger partial charge on any atom is -0.465 e. The molecule has 0 unspecified atom stereocenters. The summed E-state index contributed by atoms with van der Waals surface area (Å²) in [5.41, 5.74) is 3.16. The minimum absolute atomic E-state index is 0.00699. The first kappa shape index (κ1) is 58.4. The maximum absolute atomic E-state index is 12.9. The van der Waals surface area contributed by atoms with Crippen LogP contribution in [0.3, 0.4) is 0 Å². The van der Waals surface area contributed by atoms with Gasteiger partial charge in [0.05, 0.1) is 43.0 Å². The van der Waals surface area contributed by atoms with Gasteiger partial charge in [-0.05, 0) is 124 Å². The summed E-state index contributed by atoms with van der Waals surface area (Å²) in [5.74, 6) is 0.528. The number of benzene rings is 3. The van der Waals surface area contributed by atoms with E-state index in [2.05, 4.69) is 179 Å². The number of hydrogen-bond acceptors (Lipinski definition) is 7. The second kappa shape index (κ2) is 26.9. The SMILES string of the molecule is CC[Si](CC)(CC)O[C@H](CCOC(=O)C(C)(C)C)[C@@H](C)[C@H](O[Si](C)(C)C(C)(C)C)[C@H](C)CC[C@H](OC)/C(C)=C/C[C@@H](C)C[C@H](COC(c1ccccc1)(c1ccccc1)c1ccccc1)OC. The first-order valence-electron chi connectivity index (χ1n) is 25.6. The summed E-state index contributed by atoms with van der Waals surface area (Å²) in [5, 5.41) is 0.0475. The van der Waals surface area contributed by atoms with Gasteiger partial charge in [0.15, 0.2) is 16.6 Å². The molecule has 0 aliphatic heterocycles. The lowest BCUT2D eigenvalue weighted by atomic mass is 9.80. The summed E-state index contributed by atoms with van der Waals surface area (Å²) in [7, 11) is -0.551. The molecule has 3 aromatic rings. The van der Waals surface area contributed by atoms with Crippen molar-refractivity contribution in [3.63, 3.8) is 0 Å². The van der Waals surface area contributed by atoms with Gasteiger partial charge in [0.25, 0.3) is 0 Å². The third-order valence-corrected chi connectivity index (χ3v) is 24.2. The number of carbonyl (C=O) groups excluding carboxylic acids is 1. The van der Waals surface area contributed by atoms with E-state index in [1.54, 1.807) is 7.11 Å². The van der Waals surface area contributed by atoms with Crippen LogP contribution in [-0.4, -0.2) is 74.5 Å². The fourth-order valence-corrected chi connectivity index (χ4v) is 13.6. The monoisotopic (exact) mass is 959 g/mol. The van der Waals surface area contributed by atoms with Crippen molar-refractivity contribution in [2.75, 3.05) is 27.4 Å². The first-order chi connectivity index (χ1) is 31.5. The van der Waals surface area contributed by atoms with Gasteiger partial charge in [-0.1, -0.05) is 159 Å². The molecule has 0 saturated heterocycles. The third-order valence-electron chi connectivity index (χ3n) is 15.0. The highest BCUT2D eigenvalue weighted by molar-refractivity contribution is 6.74. The Balaban J connectivity index is 1.81. The Labute approximate surface area is 411 Å². The molecule has 0 N–H and O–H groups in total. The average Bonchev–Trinajstić information content (AvgIpc) is 3.31. The van der Waals surface area contributed by atoms with E-state index in [1.807, 2.05) is 27.9 Å². The normalized spacial score (nSPS) is 16.5. The lowest BCUT2D eigenvalue weighted by Gasteiger charge is -2.46. The molecule has 7 atom stereocenters. The number of rotatable bonds is 29. The summed E-state index contributed by atoms with van der Waals surface area (Å²) < 4.78 is 40.3. The zero-order chi connectivity index (χ0) is 50.1. The standard InChI is InChI=1S/C58H94O7Si2/c1-18-67(19-2,20-3)64-53(40-41-62-55(59)56(8,9)10)47(7)54(65-66(16,17)57(11,12)13)46(6)38-39-52(61-15)45(5)37-36-44(4)42-51(60-14)43-63-58(48-30-24-21-25-31-48,49-32-26-22-27-33-49)50-34-28-23-29-35-50/h21-35,37,44,46-47,51-54H,18-20,36,38-43H2,1-17H3/b45-37+/t44-,46-,47-,51-,52+,53-,54-/m1/s1. The molecule has 7 nitrogen and oxygen atoms in total. The lowest BCUT2D eigenvalue weighted by Crippen LogP contribution is -2.51. The number of allylic oxidation sites excluding steroid dienone is 1. The highest BCUT2D eigenvalue weighted by Gasteiger charge is 2.45. The zero-order valence-electron chi connectivity index (χ0n) is 45.2. The lowest BCUT2D eigenvalue weighted by molar-refractivity contribution is -0.153. The van der Waals surface area contributed by atoms with E-state index in [-0.39, 0.29) is 47.3 Å². The number of esters is 1. The van der Waals surface area contributed by atoms with Crippen molar-refractivity contribution in [3.8, 4) is 0 Å². The molecule has 0 aliphatic rings. The van der Waals surface area contributed by atoms with Crippen LogP contribution in [-0.2, 0) is 38.2 Å². The van der Waals surface area contributed by atoms with Gasteiger partial charge in [0.2, 0.25) is 0 Å². The van der Waals surface area contributed by atoms with Gasteiger partial charge in [0, 0.05) is 26.6 Å². The molecular weight excluding hydrogens is 865 g/mol. The highest BCUT2D eigenvalue weighted by atomic mass is 28.4. The van der Waals surface area contributed by atoms with Crippen LogP contribution in [0.4, 0.5) is 0 Å². The van der Waals surface area contributed by atoms with Crippen molar-refractivity contribution in [2.45, 2.75) is 188 Å². The molecule has 0 bridgehead atoms. The van der Waals surface area contributed by atoms with Crippen LogP contribution < -0.4 is 0 Å². The van der Waals surface area contributed by atoms with Crippen molar-refractivity contribution in [1.29, 1.82) is 0 Å². The topological polar surface area (TPSA) is 72.5 Å². The van der Waals surface area contributed by atoms with Crippen LogP contribution in [0.15, 0.2) is 103 Å². The van der Waals surface area contributed by atoms with Crippen molar-refractivity contribution in [2.24, 2.45) is 23.2 Å². The van der Waals surface area contributed by atoms with Crippen molar-refractivity contribution < 1.29 is 32.6 Å². The molecule has 0 aromatic heterocycles. The van der Waals surface area contributed by atoms with Gasteiger partial charge < -0.3 is 27.8 Å². The van der Waals surface area contributed by atoms with E-state index < -0.39 is 27.7 Å². The van der Waals surface area contributed by atoms with Gasteiger partial charge in [-0.2, -0.15) is 0 Å². The number of methoxy groups -OCH3 is 2. The van der Waals surface area contributed by atoms with Crippen molar-refractivity contribution >= 4 is 22.6 Å². The smallest absolute Gasteiger partial charge is 0.311 e. The fraction of sp³-hybridized carbons (Fsp3) is 0.638. The number of ether oxygens (including phenoxy) is 4. The molecule has 9 heteroatoms. The number of carbonyl (C=O) groups is 1. The van der Waals surface area contributed by atoms with Crippen LogP contribution >= 0.6 is 0 Å². The Morgan fingerprint density at radius 3 is 1.60 bits per heavy atom. The molecule has 0 heterocycles. The van der Waals surface area contributed by atoms with Gasteiger partial charge >= 0.3 is 5.97 Å². The maximum atomic E-state index is 12.9. The number of hydrogen-bond donors (Lipinski definition) is 0. The molecule has 67 heavy (non-hydrogen) atoms. The van der Waals surface area contributed by atoms with Gasteiger partial charge in [0.1, 0.15) is 5.60 Å². The Morgan fingerprint density at radius 2 is 1.18 bits per heavy atom. The van der Waals surface area contributed by atoms with Crippen molar-refractivity contribution in [3.05, 3.63) is 119 Å². The molecule has 0 spiro atoms. The van der Waals surface area contributed by atoms with E-state index in [0.29, 0.717) is 25.6 Å². The summed E-state index contributed by atoms with van der Waals surface area (Å²) in [6, 6.07) is 34.8. The molecule has 0 fully saturated rings. The Bertz CT molecular complexity index is 1760. The summed E-state index contributed by atoms with van der Waals surface area (Å²) in [4.78, 5) is 12.9. The molecule has 0 radical (unpaired) electrons. The highest BCUT2D eigenvalue weighted by Crippen LogP contribution is 2.43. The predicted molar refractivity (Wildman–Crippen MR) is 286 cm³/mol. The van der Waals surface area contributed by atoms with Crippen LogP contribution in [0.1, 0.15) is 139 Å². The first-order valence-corrected chi connectivity index (χ1v) is 31.0. The van der Waals surface area contributed by atoms with Crippen LogP contribution in [0.2, 0.25) is 36.3 Å². The Kier molecular flexibility index (Phi) is 23.5. The largest absolute Gasteiger partial charge is 0.465 e. The maximum Gasteiger partial charge on any atom is 0.311 e. The van der Waals surface area contributed by atoms with Gasteiger partial charge in [-0.3, -0.25) is 4.79 Å². The van der Waals surface area contributed by atoms with E-state index >= 15 is 0 Å². The van der Waals surface area contributed by atoms with E-state index in [1.165, 1.54) is 5.57 Å². The van der Waals surface area contributed by atoms with E-state index in [4.69, 9.17) is 27.8 Å². The molecule has 3 rings (SSSR count). The fourth-order valence-electron chi connectivity index (χ4n) is 9.10. The van der Waals surface area contributed by atoms with Crippen LogP contribution in [0, 0.1) is 23.2 Å². The minimum atomic E-state index is -2.19. The molecule has 376 valence electrons. The van der Waals surface area contributed by atoms with Crippen molar-refractivity contribution in [1.82, 2.24) is 0 Å². The summed E-state index contributed by atoms with van der Waals surface area (Å²) >= 11 is 0. The Morgan fingerprint density at radius 1 is 0.687 bits per heavy atom. The molecule has 3 aromatic carbocycles. The Hall–Kier alpha value is -2.90. The molecular formula is C58H94O7Si2. The quantitative estimate of drug-likeness (QED) is 0.0297. The van der Waals surface area contributed by atoms with Crippen LogP contribution in [0.25, 0.3) is 0 Å². The second-order valence-corrected chi connectivity index (χ2v) is 31.5. The van der Waals surface area contributed by atoms with Crippen LogP contribution in [0.5, 0.6) is 0 Å². The summed E-state index contributed by atoms with van der Waals surface area (Å²) in [6.07, 6.45) is 6.42. The molecule has 0 amide bonds.